The first-order chi connectivity index (χ1) is 15.1. The molecule has 1 aromatic heterocycles. The van der Waals surface area contributed by atoms with Crippen molar-refractivity contribution < 1.29 is 19.4 Å². The van der Waals surface area contributed by atoms with Gasteiger partial charge in [0.25, 0.3) is 0 Å². The fourth-order valence-corrected chi connectivity index (χ4v) is 4.98. The molecule has 2 N–H and O–H groups in total. The Hall–Kier alpha value is -1.55. The number of hydrogen-bond donors (Lipinski definition) is 2. The molecular formula is C22H28ClN3O4S. The lowest BCUT2D eigenvalue weighted by Gasteiger charge is -2.44. The molecular weight excluding hydrogens is 438 g/mol. The molecule has 0 spiro atoms. The molecule has 168 valence electrons. The van der Waals surface area contributed by atoms with Crippen LogP contribution in [0, 0.1) is 0 Å². The molecule has 31 heavy (non-hydrogen) atoms. The van der Waals surface area contributed by atoms with Crippen molar-refractivity contribution in [2.45, 2.75) is 56.7 Å². The predicted molar refractivity (Wildman–Crippen MR) is 119 cm³/mol. The molecule has 2 aromatic rings. The Morgan fingerprint density at radius 1 is 1.29 bits per heavy atom. The minimum Gasteiger partial charge on any atom is -0.389 e. The number of β-amino-alcohol motifs (C(OH)–C–C–N with tert-alkyl or cyclic N) is 1. The second kappa shape index (κ2) is 10.8. The number of nitrogens with one attached hydrogen (secondary N) is 1. The predicted octanol–water partition coefficient (Wildman–Crippen LogP) is 2.61. The largest absolute Gasteiger partial charge is 0.389 e. The van der Waals surface area contributed by atoms with Crippen molar-refractivity contribution >= 4 is 28.8 Å². The number of halogens is 1. The van der Waals surface area contributed by atoms with Crippen LogP contribution in [-0.4, -0.2) is 65.0 Å². The zero-order chi connectivity index (χ0) is 21.6. The number of aliphatic hydroxyl groups excluding tert-OH is 1. The Bertz CT molecular complexity index is 836. The lowest BCUT2D eigenvalue weighted by molar-refractivity contribution is -0.158. The molecule has 7 nitrogen and oxygen atoms in total. The third kappa shape index (κ3) is 6.47. The molecule has 4 rings (SSSR count). The van der Waals surface area contributed by atoms with E-state index in [4.69, 9.17) is 21.1 Å². The number of nitrogens with zero attached hydrogens (tertiary/aromatic N) is 2. The van der Waals surface area contributed by atoms with E-state index in [9.17, 15) is 9.90 Å². The highest BCUT2D eigenvalue weighted by Crippen LogP contribution is 2.29. The van der Waals surface area contributed by atoms with Gasteiger partial charge < -0.3 is 19.9 Å². The number of ether oxygens (including phenoxy) is 2. The second-order valence-corrected chi connectivity index (χ2v) is 9.51. The first-order valence-electron chi connectivity index (χ1n) is 10.6. The molecule has 2 aliphatic rings. The molecule has 9 heteroatoms. The number of fused-ring (bicyclic) bond motifs is 1. The smallest absolute Gasteiger partial charge is 0.222 e. The van der Waals surface area contributed by atoms with Gasteiger partial charge in [0.2, 0.25) is 5.91 Å². The van der Waals surface area contributed by atoms with Gasteiger partial charge in [0.05, 0.1) is 44.5 Å². The number of benzene rings is 1. The Balaban J connectivity index is 1.31. The summed E-state index contributed by atoms with van der Waals surface area (Å²) in [5.41, 5.74) is 1.01. The highest BCUT2D eigenvalue weighted by Gasteiger charge is 2.38. The maximum atomic E-state index is 12.5. The average molecular weight is 466 g/mol. The van der Waals surface area contributed by atoms with Gasteiger partial charge in [-0.1, -0.05) is 23.7 Å². The molecule has 0 saturated carbocycles. The summed E-state index contributed by atoms with van der Waals surface area (Å²) in [5.74, 6) is -0.0276. The third-order valence-electron chi connectivity index (χ3n) is 5.73. The normalized spacial score (nSPS) is 27.2. The lowest BCUT2D eigenvalue weighted by Crippen LogP contribution is -2.55. The number of rotatable bonds is 6. The highest BCUT2D eigenvalue weighted by atomic mass is 35.5. The summed E-state index contributed by atoms with van der Waals surface area (Å²) in [6.45, 7) is 2.38. The summed E-state index contributed by atoms with van der Waals surface area (Å²) in [6.07, 6.45) is 3.01. The van der Waals surface area contributed by atoms with E-state index in [0.29, 0.717) is 37.7 Å². The van der Waals surface area contributed by atoms with E-state index in [-0.39, 0.29) is 30.8 Å². The van der Waals surface area contributed by atoms with Crippen molar-refractivity contribution in [2.75, 3.05) is 19.8 Å². The van der Waals surface area contributed by atoms with Crippen molar-refractivity contribution in [2.24, 2.45) is 0 Å². The molecule has 0 aliphatic carbocycles. The van der Waals surface area contributed by atoms with Crippen molar-refractivity contribution in [3.05, 3.63) is 51.4 Å². The molecule has 3 heterocycles. The van der Waals surface area contributed by atoms with Gasteiger partial charge in [-0.25, -0.2) is 4.98 Å². The topological polar surface area (TPSA) is 83.9 Å². The average Bonchev–Trinajstić information content (AvgIpc) is 3.25. The number of aromatic nitrogens is 1. The Morgan fingerprint density at radius 2 is 2.13 bits per heavy atom. The van der Waals surface area contributed by atoms with E-state index in [1.807, 2.05) is 29.6 Å². The fourth-order valence-electron chi connectivity index (χ4n) is 4.21. The maximum absolute atomic E-state index is 12.5. The van der Waals surface area contributed by atoms with E-state index in [2.05, 4.69) is 15.2 Å². The van der Waals surface area contributed by atoms with Crippen LogP contribution in [0.5, 0.6) is 0 Å². The fraction of sp³-hybridized carbons (Fsp3) is 0.545. The number of hydrogen-bond acceptors (Lipinski definition) is 7. The van der Waals surface area contributed by atoms with E-state index in [0.717, 1.165) is 23.4 Å². The zero-order valence-electron chi connectivity index (χ0n) is 17.3. The van der Waals surface area contributed by atoms with Crippen LogP contribution in [0.4, 0.5) is 0 Å². The summed E-state index contributed by atoms with van der Waals surface area (Å²) in [4.78, 5) is 19.1. The van der Waals surface area contributed by atoms with Gasteiger partial charge in [-0.3, -0.25) is 9.69 Å². The SMILES string of the molecule is O=C(C[C@@H]1CC[C@@H]2[C@H](COC[C@@H](O)CN2Cc2nccs2)O1)NCc1ccc(Cl)cc1. The number of amides is 1. The van der Waals surface area contributed by atoms with Gasteiger partial charge in [-0.2, -0.15) is 0 Å². The molecule has 0 bridgehead atoms. The van der Waals surface area contributed by atoms with Crippen LogP contribution in [0.15, 0.2) is 35.8 Å². The van der Waals surface area contributed by atoms with Crippen LogP contribution < -0.4 is 5.32 Å². The Labute approximate surface area is 191 Å². The van der Waals surface area contributed by atoms with Crippen LogP contribution in [0.25, 0.3) is 0 Å². The van der Waals surface area contributed by atoms with Gasteiger partial charge in [-0.05, 0) is 30.5 Å². The number of aliphatic hydroxyl groups is 1. The standard InChI is InChI=1S/C22H28ClN3O4S/c23-16-3-1-15(2-4-16)10-25-21(28)9-18-5-6-19-20(30-18)14-29-13-17(27)11-26(19)12-22-24-7-8-31-22/h1-4,7-8,17-20,27H,5-6,9-14H2,(H,25,28)/t17-,18-,19+,20-/m0/s1. The molecule has 2 aliphatic heterocycles. The van der Waals surface area contributed by atoms with Crippen molar-refractivity contribution in [1.82, 2.24) is 15.2 Å². The third-order valence-corrected chi connectivity index (χ3v) is 6.74. The quantitative estimate of drug-likeness (QED) is 0.682. The summed E-state index contributed by atoms with van der Waals surface area (Å²) in [7, 11) is 0. The van der Waals surface area contributed by atoms with Crippen molar-refractivity contribution in [1.29, 1.82) is 0 Å². The first kappa shape index (κ1) is 22.6. The Morgan fingerprint density at radius 3 is 2.90 bits per heavy atom. The van der Waals surface area contributed by atoms with Crippen LogP contribution in [0.2, 0.25) is 5.02 Å². The minimum atomic E-state index is -0.530. The monoisotopic (exact) mass is 465 g/mol. The molecule has 0 radical (unpaired) electrons. The first-order valence-corrected chi connectivity index (χ1v) is 11.9. The zero-order valence-corrected chi connectivity index (χ0v) is 18.9. The number of carbonyl (C=O) groups is 1. The van der Waals surface area contributed by atoms with Crippen LogP contribution in [0.1, 0.15) is 29.8 Å². The van der Waals surface area contributed by atoms with Gasteiger partial charge in [-0.15, -0.1) is 11.3 Å². The van der Waals surface area contributed by atoms with Gasteiger partial charge in [0.1, 0.15) is 5.01 Å². The minimum absolute atomic E-state index is 0.0276. The summed E-state index contributed by atoms with van der Waals surface area (Å²) >= 11 is 7.52. The lowest BCUT2D eigenvalue weighted by atomic mass is 9.94. The molecule has 2 fully saturated rings. The molecule has 0 unspecified atom stereocenters. The molecule has 1 amide bonds. The van der Waals surface area contributed by atoms with E-state index in [1.165, 1.54) is 0 Å². The number of carbonyl (C=O) groups excluding carboxylic acids is 1. The van der Waals surface area contributed by atoms with Crippen LogP contribution in [0.3, 0.4) is 0 Å². The Kier molecular flexibility index (Phi) is 7.92. The van der Waals surface area contributed by atoms with Gasteiger partial charge in [0.15, 0.2) is 0 Å². The molecule has 4 atom stereocenters. The highest BCUT2D eigenvalue weighted by molar-refractivity contribution is 7.09. The van der Waals surface area contributed by atoms with E-state index in [1.54, 1.807) is 17.5 Å². The summed E-state index contributed by atoms with van der Waals surface area (Å²) in [5, 5.41) is 16.9. The van der Waals surface area contributed by atoms with Crippen molar-refractivity contribution in [3.8, 4) is 0 Å². The van der Waals surface area contributed by atoms with Crippen LogP contribution >= 0.6 is 22.9 Å². The van der Waals surface area contributed by atoms with Gasteiger partial charge >= 0.3 is 0 Å². The van der Waals surface area contributed by atoms with E-state index < -0.39 is 6.10 Å². The molecule has 2 saturated heterocycles. The van der Waals surface area contributed by atoms with E-state index >= 15 is 0 Å². The maximum Gasteiger partial charge on any atom is 0.222 e. The second-order valence-electron chi connectivity index (χ2n) is 8.10. The summed E-state index contributed by atoms with van der Waals surface area (Å²) < 4.78 is 12.0. The summed E-state index contributed by atoms with van der Waals surface area (Å²) in [6, 6.07) is 7.57. The van der Waals surface area contributed by atoms with Crippen molar-refractivity contribution in [3.63, 3.8) is 0 Å². The van der Waals surface area contributed by atoms with Crippen LogP contribution in [-0.2, 0) is 27.4 Å². The molecule has 1 aromatic carbocycles. The number of thiazole rings is 1. The van der Waals surface area contributed by atoms with Gasteiger partial charge in [0, 0.05) is 35.7 Å².